The number of methoxy groups -OCH3 is 2. The van der Waals surface area contributed by atoms with Gasteiger partial charge in [-0.15, -0.1) is 0 Å². The number of carbonyl (C=O) groups excluding carboxylic acids is 2. The summed E-state index contributed by atoms with van der Waals surface area (Å²) in [5, 5.41) is 0. The van der Waals surface area contributed by atoms with Crippen molar-refractivity contribution >= 4 is 33.8 Å². The highest BCUT2D eigenvalue weighted by atomic mass is 79.9. The van der Waals surface area contributed by atoms with E-state index in [1.54, 1.807) is 37.5 Å². The Labute approximate surface area is 154 Å². The summed E-state index contributed by atoms with van der Waals surface area (Å²) in [6.45, 7) is -0.174. The van der Waals surface area contributed by atoms with Gasteiger partial charge in [-0.3, -0.25) is 4.79 Å². The number of rotatable bonds is 7. The zero-order valence-electron chi connectivity index (χ0n) is 13.8. The second kappa shape index (κ2) is 9.03. The van der Waals surface area contributed by atoms with Gasteiger partial charge in [-0.2, -0.15) is 0 Å². The molecule has 0 aliphatic heterocycles. The minimum absolute atomic E-state index is 0.151. The second-order valence-electron chi connectivity index (χ2n) is 4.97. The molecular formula is C19H17BrO5. The maximum Gasteiger partial charge on any atom is 0.343 e. The van der Waals surface area contributed by atoms with Crippen molar-refractivity contribution in [2.75, 3.05) is 20.8 Å². The van der Waals surface area contributed by atoms with E-state index in [0.717, 1.165) is 10.0 Å². The third-order valence-electron chi connectivity index (χ3n) is 3.33. The van der Waals surface area contributed by atoms with E-state index in [-0.39, 0.29) is 12.4 Å². The molecule has 0 bridgehead atoms. The van der Waals surface area contributed by atoms with Crippen LogP contribution in [0.1, 0.15) is 15.9 Å². The van der Waals surface area contributed by atoms with Crippen LogP contribution in [0.3, 0.4) is 0 Å². The van der Waals surface area contributed by atoms with Gasteiger partial charge in [-0.05, 0) is 54.6 Å². The molecule has 0 unspecified atom stereocenters. The predicted octanol–water partition coefficient (Wildman–Crippen LogP) is 3.91. The Bertz CT molecular complexity index is 781. The molecule has 0 spiro atoms. The molecule has 2 aromatic carbocycles. The van der Waals surface area contributed by atoms with Gasteiger partial charge in [0.1, 0.15) is 11.5 Å². The number of esters is 1. The third kappa shape index (κ3) is 5.46. The second-order valence-corrected chi connectivity index (χ2v) is 5.89. The van der Waals surface area contributed by atoms with Gasteiger partial charge in [0.15, 0.2) is 12.4 Å². The molecule has 0 fully saturated rings. The van der Waals surface area contributed by atoms with Crippen LogP contribution in [0.25, 0.3) is 6.08 Å². The van der Waals surface area contributed by atoms with Gasteiger partial charge < -0.3 is 14.2 Å². The van der Waals surface area contributed by atoms with E-state index in [1.807, 2.05) is 18.2 Å². The van der Waals surface area contributed by atoms with Crippen molar-refractivity contribution < 1.29 is 23.8 Å². The fourth-order valence-electron chi connectivity index (χ4n) is 2.01. The molecule has 2 aromatic rings. The van der Waals surface area contributed by atoms with Crippen molar-refractivity contribution in [3.8, 4) is 11.5 Å². The summed E-state index contributed by atoms with van der Waals surface area (Å²) in [5.41, 5.74) is 1.30. The van der Waals surface area contributed by atoms with Gasteiger partial charge in [0.25, 0.3) is 0 Å². The van der Waals surface area contributed by atoms with Crippen molar-refractivity contribution in [2.24, 2.45) is 0 Å². The van der Waals surface area contributed by atoms with Crippen LogP contribution in [0.5, 0.6) is 11.5 Å². The summed E-state index contributed by atoms with van der Waals surface area (Å²) in [7, 11) is 2.87. The normalized spacial score (nSPS) is 10.5. The summed E-state index contributed by atoms with van der Waals surface area (Å²) in [5.74, 6) is 0.547. The standard InChI is InChI=1S/C19H17BrO5/c1-23-18-10-6-15(20)11-14(18)5-9-17(21)13-3-7-16(8-4-13)25-12-19(22)24-2/h3-11H,12H2,1-2H3/b9-5+. The van der Waals surface area contributed by atoms with Gasteiger partial charge in [-0.25, -0.2) is 4.79 Å². The lowest BCUT2D eigenvalue weighted by Gasteiger charge is -2.06. The topological polar surface area (TPSA) is 61.8 Å². The van der Waals surface area contributed by atoms with Crippen molar-refractivity contribution in [2.45, 2.75) is 0 Å². The van der Waals surface area contributed by atoms with Crippen molar-refractivity contribution in [3.05, 3.63) is 64.1 Å². The van der Waals surface area contributed by atoms with Crippen molar-refractivity contribution in [3.63, 3.8) is 0 Å². The molecule has 0 radical (unpaired) electrons. The highest BCUT2D eigenvalue weighted by Gasteiger charge is 2.06. The predicted molar refractivity (Wildman–Crippen MR) is 98.0 cm³/mol. The van der Waals surface area contributed by atoms with E-state index in [9.17, 15) is 9.59 Å². The molecule has 0 aromatic heterocycles. The zero-order chi connectivity index (χ0) is 18.2. The zero-order valence-corrected chi connectivity index (χ0v) is 15.4. The van der Waals surface area contributed by atoms with Crippen LogP contribution >= 0.6 is 15.9 Å². The number of ether oxygens (including phenoxy) is 3. The highest BCUT2D eigenvalue weighted by molar-refractivity contribution is 9.10. The molecule has 0 saturated heterocycles. The Morgan fingerprint density at radius 3 is 2.44 bits per heavy atom. The van der Waals surface area contributed by atoms with Crippen molar-refractivity contribution in [1.29, 1.82) is 0 Å². The van der Waals surface area contributed by atoms with Crippen LogP contribution in [-0.4, -0.2) is 32.6 Å². The molecule has 0 atom stereocenters. The lowest BCUT2D eigenvalue weighted by atomic mass is 10.1. The Morgan fingerprint density at radius 2 is 1.80 bits per heavy atom. The van der Waals surface area contributed by atoms with E-state index in [1.165, 1.54) is 13.2 Å². The fourth-order valence-corrected chi connectivity index (χ4v) is 2.39. The SMILES string of the molecule is COC(=O)COc1ccc(C(=O)/C=C/c2cc(Br)ccc2OC)cc1. The van der Waals surface area contributed by atoms with Crippen LogP contribution in [0.15, 0.2) is 53.0 Å². The van der Waals surface area contributed by atoms with E-state index in [4.69, 9.17) is 9.47 Å². The molecule has 5 nitrogen and oxygen atoms in total. The Kier molecular flexibility index (Phi) is 6.77. The van der Waals surface area contributed by atoms with Crippen LogP contribution < -0.4 is 9.47 Å². The van der Waals surface area contributed by atoms with Crippen LogP contribution in [0, 0.1) is 0 Å². The highest BCUT2D eigenvalue weighted by Crippen LogP contribution is 2.24. The number of ketones is 1. The quantitative estimate of drug-likeness (QED) is 0.397. The summed E-state index contributed by atoms with van der Waals surface area (Å²) < 4.78 is 15.9. The smallest absolute Gasteiger partial charge is 0.343 e. The average molecular weight is 405 g/mol. The molecule has 0 heterocycles. The molecular weight excluding hydrogens is 388 g/mol. The molecule has 2 rings (SSSR count). The number of allylic oxidation sites excluding steroid dienone is 1. The Balaban J connectivity index is 2.06. The Hall–Kier alpha value is -2.60. The van der Waals surface area contributed by atoms with E-state index in [2.05, 4.69) is 20.7 Å². The summed E-state index contributed by atoms with van der Waals surface area (Å²) in [6.07, 6.45) is 3.18. The van der Waals surface area contributed by atoms with Crippen LogP contribution in [-0.2, 0) is 9.53 Å². The fraction of sp³-hybridized carbons (Fsp3) is 0.158. The molecule has 0 amide bonds. The van der Waals surface area contributed by atoms with Gasteiger partial charge in [0, 0.05) is 15.6 Å². The molecule has 6 heteroatoms. The first-order valence-electron chi connectivity index (χ1n) is 7.39. The maximum absolute atomic E-state index is 12.3. The minimum Gasteiger partial charge on any atom is -0.496 e. The van der Waals surface area contributed by atoms with Gasteiger partial charge in [0.2, 0.25) is 0 Å². The van der Waals surface area contributed by atoms with Gasteiger partial charge >= 0.3 is 5.97 Å². The number of hydrogen-bond acceptors (Lipinski definition) is 5. The van der Waals surface area contributed by atoms with E-state index in [0.29, 0.717) is 17.1 Å². The summed E-state index contributed by atoms with van der Waals surface area (Å²) >= 11 is 3.39. The Morgan fingerprint density at radius 1 is 1.08 bits per heavy atom. The summed E-state index contributed by atoms with van der Waals surface area (Å²) in [4.78, 5) is 23.3. The molecule has 0 aliphatic rings. The minimum atomic E-state index is -0.467. The van der Waals surface area contributed by atoms with Gasteiger partial charge in [0.05, 0.1) is 14.2 Å². The van der Waals surface area contributed by atoms with Gasteiger partial charge in [-0.1, -0.05) is 15.9 Å². The lowest BCUT2D eigenvalue weighted by Crippen LogP contribution is -2.12. The summed E-state index contributed by atoms with van der Waals surface area (Å²) in [6, 6.07) is 12.1. The molecule has 0 N–H and O–H groups in total. The largest absolute Gasteiger partial charge is 0.496 e. The monoisotopic (exact) mass is 404 g/mol. The number of halogens is 1. The third-order valence-corrected chi connectivity index (χ3v) is 3.82. The van der Waals surface area contributed by atoms with E-state index >= 15 is 0 Å². The average Bonchev–Trinajstić information content (AvgIpc) is 2.64. The van der Waals surface area contributed by atoms with Crippen LogP contribution in [0.4, 0.5) is 0 Å². The molecule has 0 aliphatic carbocycles. The first-order chi connectivity index (χ1) is 12.0. The molecule has 25 heavy (non-hydrogen) atoms. The first-order valence-corrected chi connectivity index (χ1v) is 8.18. The number of benzene rings is 2. The lowest BCUT2D eigenvalue weighted by molar-refractivity contribution is -0.142. The van der Waals surface area contributed by atoms with Crippen LogP contribution in [0.2, 0.25) is 0 Å². The van der Waals surface area contributed by atoms with Crippen molar-refractivity contribution in [1.82, 2.24) is 0 Å². The number of hydrogen-bond donors (Lipinski definition) is 0. The first kappa shape index (κ1) is 18.7. The maximum atomic E-state index is 12.3. The van der Waals surface area contributed by atoms with E-state index < -0.39 is 5.97 Å². The molecule has 0 saturated carbocycles. The number of carbonyl (C=O) groups is 2. The molecule has 130 valence electrons.